The van der Waals surface area contributed by atoms with Gasteiger partial charge >= 0.3 is 0 Å². The summed E-state index contributed by atoms with van der Waals surface area (Å²) in [5.74, 6) is -1.58. The molecule has 49 heavy (non-hydrogen) atoms. The number of hydrogen-bond acceptors (Lipinski definition) is 7. The lowest BCUT2D eigenvalue weighted by molar-refractivity contribution is -0.122. The minimum Gasteiger partial charge on any atom is -0.379 e. The number of nitrogens with one attached hydrogen (secondary N) is 1. The molecule has 1 saturated carbocycles. The summed E-state index contributed by atoms with van der Waals surface area (Å²) in [6, 6.07) is 14.7. The Morgan fingerprint density at radius 3 is 2.41 bits per heavy atom. The van der Waals surface area contributed by atoms with Gasteiger partial charge in [0, 0.05) is 42.2 Å². The summed E-state index contributed by atoms with van der Waals surface area (Å²) in [5.41, 5.74) is 1.25. The number of benzene rings is 3. The van der Waals surface area contributed by atoms with E-state index in [1.807, 2.05) is 6.07 Å². The highest BCUT2D eigenvalue weighted by Gasteiger charge is 2.29. The van der Waals surface area contributed by atoms with Gasteiger partial charge in [0.05, 0.1) is 46.4 Å². The molecule has 0 radical (unpaired) electrons. The fourth-order valence-corrected chi connectivity index (χ4v) is 7.74. The number of nitrogens with zero attached hydrogens (tertiary/aromatic N) is 5. The van der Waals surface area contributed by atoms with Gasteiger partial charge in [-0.05, 0) is 79.1 Å². The predicted octanol–water partition coefficient (Wildman–Crippen LogP) is 4.62. The molecular weight excluding hydrogens is 722 g/mol. The molecule has 1 N–H and O–H groups in total. The van der Waals surface area contributed by atoms with Crippen molar-refractivity contribution in [2.45, 2.75) is 42.7 Å². The molecule has 15 heteroatoms. The third-order valence-electron chi connectivity index (χ3n) is 8.53. The van der Waals surface area contributed by atoms with Gasteiger partial charge in [-0.2, -0.15) is 9.40 Å². The first-order chi connectivity index (χ1) is 23.5. The molecule has 3 heterocycles. The average Bonchev–Trinajstić information content (AvgIpc) is 3.82. The van der Waals surface area contributed by atoms with Gasteiger partial charge in [-0.25, -0.2) is 22.2 Å². The quantitative estimate of drug-likeness (QED) is 0.221. The summed E-state index contributed by atoms with van der Waals surface area (Å²) in [6.45, 7) is 0.886. The molecule has 1 atom stereocenters. The van der Waals surface area contributed by atoms with E-state index >= 15 is 0 Å². The van der Waals surface area contributed by atoms with E-state index in [4.69, 9.17) is 9.72 Å². The Balaban J connectivity index is 1.31. The zero-order chi connectivity index (χ0) is 34.3. The van der Waals surface area contributed by atoms with Crippen LogP contribution >= 0.6 is 15.9 Å². The van der Waals surface area contributed by atoms with E-state index < -0.39 is 39.2 Å². The van der Waals surface area contributed by atoms with Crippen LogP contribution in [0.1, 0.15) is 41.9 Å². The molecule has 0 spiro atoms. The molecule has 1 aliphatic heterocycles. The normalized spacial score (nSPS) is 16.1. The monoisotopic (exact) mass is 752 g/mol. The lowest BCUT2D eigenvalue weighted by Gasteiger charge is -2.26. The molecule has 7 rings (SSSR count). The number of carbonyl (C=O) groups excluding carboxylic acids is 1. The van der Waals surface area contributed by atoms with Gasteiger partial charge < -0.3 is 10.1 Å². The van der Waals surface area contributed by atoms with Crippen LogP contribution in [0.15, 0.2) is 87.1 Å². The maximum Gasteiger partial charge on any atom is 0.266 e. The van der Waals surface area contributed by atoms with Gasteiger partial charge in [0.2, 0.25) is 15.9 Å². The van der Waals surface area contributed by atoms with Crippen LogP contribution in [-0.4, -0.2) is 64.3 Å². The Morgan fingerprint density at radius 2 is 1.71 bits per heavy atom. The summed E-state index contributed by atoms with van der Waals surface area (Å²) in [5, 5.41) is 7.70. The first-order valence-electron chi connectivity index (χ1n) is 15.7. The van der Waals surface area contributed by atoms with E-state index in [1.165, 1.54) is 37.8 Å². The van der Waals surface area contributed by atoms with Crippen LogP contribution in [0.5, 0.6) is 0 Å². The van der Waals surface area contributed by atoms with Crippen LogP contribution in [0.25, 0.3) is 16.6 Å². The van der Waals surface area contributed by atoms with E-state index in [1.54, 1.807) is 24.4 Å². The SMILES string of the molecule is O=C(Cn1ccc(C2CC2)n1)N[C@@H](Cc1cc(F)cc(F)c1)c1nc2cc(Br)ccc2c(=O)n1-c1ccc(S(=O)(=O)N2CCOCC2)cc1. The smallest absolute Gasteiger partial charge is 0.266 e. The van der Waals surface area contributed by atoms with Gasteiger partial charge in [-0.15, -0.1) is 0 Å². The molecule has 1 aliphatic carbocycles. The number of sulfonamides is 1. The maximum absolute atomic E-state index is 14.4. The van der Waals surface area contributed by atoms with Crippen molar-refractivity contribution in [2.24, 2.45) is 0 Å². The molecular formula is C34H31BrF2N6O5S. The van der Waals surface area contributed by atoms with Crippen molar-refractivity contribution < 1.29 is 26.7 Å². The summed E-state index contributed by atoms with van der Waals surface area (Å²) in [7, 11) is -3.82. The van der Waals surface area contributed by atoms with E-state index in [9.17, 15) is 26.8 Å². The maximum atomic E-state index is 14.4. The van der Waals surface area contributed by atoms with Crippen LogP contribution < -0.4 is 10.9 Å². The molecule has 1 amide bonds. The lowest BCUT2D eigenvalue weighted by Crippen LogP contribution is -2.40. The number of morpholine rings is 1. The van der Waals surface area contributed by atoms with Crippen molar-refractivity contribution in [1.29, 1.82) is 0 Å². The van der Waals surface area contributed by atoms with Gasteiger partial charge in [0.15, 0.2) is 0 Å². The second-order valence-electron chi connectivity index (χ2n) is 12.1. The number of ether oxygens (including phenoxy) is 1. The molecule has 5 aromatic rings. The van der Waals surface area contributed by atoms with Crippen LogP contribution in [0.4, 0.5) is 8.78 Å². The van der Waals surface area contributed by atoms with E-state index in [2.05, 4.69) is 26.3 Å². The van der Waals surface area contributed by atoms with Crippen molar-refractivity contribution >= 4 is 42.8 Å². The van der Waals surface area contributed by atoms with E-state index in [0.29, 0.717) is 29.1 Å². The number of aromatic nitrogens is 4. The third kappa shape index (κ3) is 7.20. The van der Waals surface area contributed by atoms with Gasteiger partial charge in [-0.3, -0.25) is 18.8 Å². The summed E-state index contributed by atoms with van der Waals surface area (Å²) < 4.78 is 65.5. The molecule has 1 saturated heterocycles. The molecule has 11 nitrogen and oxygen atoms in total. The number of halogens is 3. The third-order valence-corrected chi connectivity index (χ3v) is 10.9. The predicted molar refractivity (Wildman–Crippen MR) is 180 cm³/mol. The van der Waals surface area contributed by atoms with Crippen molar-refractivity contribution in [3.8, 4) is 5.69 Å². The standard InChI is InChI=1S/C34H31BrF2N6O5S/c35-23-3-8-28-30(18-23)39-33(43(34(28)45)26-4-6-27(7-5-26)49(46,47)42-11-13-48-14-12-42)31(17-21-15-24(36)19-25(37)16-21)38-32(44)20-41-10-9-29(40-41)22-1-2-22/h3-10,15-16,18-19,22,31H,1-2,11-14,17,20H2,(H,38,44)/t31-/m0/s1. The van der Waals surface area contributed by atoms with Gasteiger partial charge in [0.25, 0.3) is 5.56 Å². The number of hydrogen-bond donors (Lipinski definition) is 1. The van der Waals surface area contributed by atoms with E-state index in [0.717, 1.165) is 36.7 Å². The Bertz CT molecular complexity index is 2200. The number of carbonyl (C=O) groups is 1. The van der Waals surface area contributed by atoms with Crippen molar-refractivity contribution in [1.82, 2.24) is 29.0 Å². The van der Waals surface area contributed by atoms with Crippen LogP contribution in [0.3, 0.4) is 0 Å². The number of amides is 1. The Hall–Kier alpha value is -4.31. The minimum absolute atomic E-state index is 0.0373. The summed E-state index contributed by atoms with van der Waals surface area (Å²) >= 11 is 3.42. The van der Waals surface area contributed by atoms with Gasteiger partial charge in [-0.1, -0.05) is 15.9 Å². The molecule has 2 aliphatic rings. The first-order valence-corrected chi connectivity index (χ1v) is 18.0. The zero-order valence-electron chi connectivity index (χ0n) is 26.1. The molecule has 2 fully saturated rings. The van der Waals surface area contributed by atoms with Crippen molar-refractivity contribution in [3.05, 3.63) is 116 Å². The lowest BCUT2D eigenvalue weighted by atomic mass is 10.0. The second kappa shape index (κ2) is 13.5. The Labute approximate surface area is 288 Å². The molecule has 2 aromatic heterocycles. The summed E-state index contributed by atoms with van der Waals surface area (Å²) in [4.78, 5) is 32.6. The zero-order valence-corrected chi connectivity index (χ0v) is 28.5. The number of fused-ring (bicyclic) bond motifs is 1. The fourth-order valence-electron chi connectivity index (χ4n) is 5.98. The molecule has 3 aromatic carbocycles. The van der Waals surface area contributed by atoms with Crippen molar-refractivity contribution in [3.63, 3.8) is 0 Å². The van der Waals surface area contributed by atoms with E-state index in [-0.39, 0.29) is 53.4 Å². The second-order valence-corrected chi connectivity index (χ2v) is 15.0. The topological polar surface area (TPSA) is 128 Å². The minimum atomic E-state index is -3.82. The molecule has 254 valence electrons. The molecule has 0 unspecified atom stereocenters. The highest BCUT2D eigenvalue weighted by Crippen LogP contribution is 2.38. The summed E-state index contributed by atoms with van der Waals surface area (Å²) in [6.07, 6.45) is 3.70. The highest BCUT2D eigenvalue weighted by molar-refractivity contribution is 9.10. The van der Waals surface area contributed by atoms with Crippen LogP contribution in [-0.2, 0) is 32.5 Å². The largest absolute Gasteiger partial charge is 0.379 e. The van der Waals surface area contributed by atoms with Crippen LogP contribution in [0.2, 0.25) is 0 Å². The average molecular weight is 754 g/mol. The number of rotatable bonds is 10. The van der Waals surface area contributed by atoms with Crippen molar-refractivity contribution in [2.75, 3.05) is 26.3 Å². The molecule has 0 bridgehead atoms. The van der Waals surface area contributed by atoms with Crippen LogP contribution in [0, 0.1) is 11.6 Å². The Kier molecular flexibility index (Phi) is 9.17. The highest BCUT2D eigenvalue weighted by atomic mass is 79.9. The fraction of sp³-hybridized carbons (Fsp3) is 0.294. The Morgan fingerprint density at radius 1 is 1.00 bits per heavy atom. The van der Waals surface area contributed by atoms with Gasteiger partial charge in [0.1, 0.15) is 24.0 Å². The first kappa shape index (κ1) is 33.2.